The summed E-state index contributed by atoms with van der Waals surface area (Å²) in [6.07, 6.45) is 14.9. The maximum Gasteiger partial charge on any atom is 0.313 e. The maximum atomic E-state index is 11.1. The number of carbonyl (C=O) groups excluding carboxylic acids is 1. The Morgan fingerprint density at radius 3 is 2.47 bits per heavy atom. The summed E-state index contributed by atoms with van der Waals surface area (Å²) >= 11 is 0. The lowest BCUT2D eigenvalue weighted by atomic mass is 10.1. The van der Waals surface area contributed by atoms with Gasteiger partial charge in [-0.2, -0.15) is 0 Å². The molecular formula is C15H26O2. The number of hydrogen-bond donors (Lipinski definition) is 0. The minimum Gasteiger partial charge on any atom is -0.434 e. The van der Waals surface area contributed by atoms with Gasteiger partial charge in [-0.3, -0.25) is 4.79 Å². The molecule has 0 saturated heterocycles. The van der Waals surface area contributed by atoms with Crippen molar-refractivity contribution in [2.45, 2.75) is 59.3 Å². The van der Waals surface area contributed by atoms with E-state index in [1.54, 1.807) is 6.08 Å². The van der Waals surface area contributed by atoms with E-state index in [1.165, 1.54) is 38.4 Å². The molecule has 0 heterocycles. The Balaban J connectivity index is 3.41. The molecule has 17 heavy (non-hydrogen) atoms. The summed E-state index contributed by atoms with van der Waals surface area (Å²) in [7, 11) is 0. The Bertz CT molecular complexity index is 239. The molecule has 0 aromatic carbocycles. The number of rotatable bonds is 9. The zero-order valence-electron chi connectivity index (χ0n) is 11.4. The van der Waals surface area contributed by atoms with Gasteiger partial charge in [0.05, 0.1) is 12.2 Å². The Labute approximate surface area is 106 Å². The van der Waals surface area contributed by atoms with E-state index < -0.39 is 0 Å². The van der Waals surface area contributed by atoms with E-state index in [9.17, 15) is 4.79 Å². The fraction of sp³-hybridized carbons (Fsp3) is 0.667. The highest BCUT2D eigenvalue weighted by Gasteiger charge is 2.04. The lowest BCUT2D eigenvalue weighted by Gasteiger charge is -1.99. The first-order chi connectivity index (χ1) is 8.18. The zero-order valence-corrected chi connectivity index (χ0v) is 11.4. The number of esters is 1. The van der Waals surface area contributed by atoms with E-state index in [0.29, 0.717) is 0 Å². The molecule has 0 radical (unpaired) electrons. The third-order valence-corrected chi connectivity index (χ3v) is 2.46. The Kier molecular flexibility index (Phi) is 10.7. The first kappa shape index (κ1) is 16.0. The van der Waals surface area contributed by atoms with Crippen LogP contribution in [0, 0.1) is 5.92 Å². The van der Waals surface area contributed by atoms with E-state index in [1.807, 2.05) is 19.9 Å². The Morgan fingerprint density at radius 1 is 1.12 bits per heavy atom. The molecule has 0 bridgehead atoms. The molecule has 0 unspecified atom stereocenters. The number of unbranched alkanes of at least 4 members (excludes halogenated alkanes) is 5. The number of ether oxygens (including phenoxy) is 1. The van der Waals surface area contributed by atoms with Gasteiger partial charge in [-0.25, -0.2) is 0 Å². The lowest BCUT2D eigenvalue weighted by Crippen LogP contribution is -2.07. The van der Waals surface area contributed by atoms with E-state index in [-0.39, 0.29) is 11.9 Å². The van der Waals surface area contributed by atoms with Crippen LogP contribution < -0.4 is 0 Å². The molecule has 0 aliphatic carbocycles. The monoisotopic (exact) mass is 238 g/mol. The van der Waals surface area contributed by atoms with Crippen LogP contribution in [0.3, 0.4) is 0 Å². The van der Waals surface area contributed by atoms with Gasteiger partial charge in [-0.05, 0) is 18.9 Å². The molecule has 0 saturated carbocycles. The summed E-state index contributed by atoms with van der Waals surface area (Å²) in [4.78, 5) is 11.1. The van der Waals surface area contributed by atoms with Crippen molar-refractivity contribution in [3.8, 4) is 0 Å². The second-order valence-corrected chi connectivity index (χ2v) is 4.55. The van der Waals surface area contributed by atoms with Crippen LogP contribution in [0.15, 0.2) is 24.5 Å². The van der Waals surface area contributed by atoms with Crippen molar-refractivity contribution in [2.75, 3.05) is 0 Å². The highest BCUT2D eigenvalue weighted by Crippen LogP contribution is 2.05. The maximum absolute atomic E-state index is 11.1. The number of hydrogen-bond acceptors (Lipinski definition) is 2. The van der Waals surface area contributed by atoms with E-state index in [2.05, 4.69) is 13.0 Å². The molecule has 0 N–H and O–H groups in total. The van der Waals surface area contributed by atoms with Crippen LogP contribution in [0.5, 0.6) is 0 Å². The predicted octanol–water partition coefficient (Wildman–Crippen LogP) is 4.62. The van der Waals surface area contributed by atoms with Crippen LogP contribution in [0.1, 0.15) is 59.3 Å². The fourth-order valence-electron chi connectivity index (χ4n) is 1.33. The van der Waals surface area contributed by atoms with Crippen molar-refractivity contribution >= 4 is 5.97 Å². The fourth-order valence-corrected chi connectivity index (χ4v) is 1.33. The molecule has 98 valence electrons. The van der Waals surface area contributed by atoms with Gasteiger partial charge in [-0.1, -0.05) is 58.6 Å². The first-order valence-corrected chi connectivity index (χ1v) is 6.70. The molecule has 0 spiro atoms. The second-order valence-electron chi connectivity index (χ2n) is 4.55. The third kappa shape index (κ3) is 11.2. The average molecular weight is 238 g/mol. The summed E-state index contributed by atoms with van der Waals surface area (Å²) in [6.45, 7) is 5.87. The lowest BCUT2D eigenvalue weighted by molar-refractivity contribution is -0.141. The van der Waals surface area contributed by atoms with Crippen molar-refractivity contribution in [1.29, 1.82) is 0 Å². The summed E-state index contributed by atoms with van der Waals surface area (Å²) < 4.78 is 4.89. The van der Waals surface area contributed by atoms with E-state index in [0.717, 1.165) is 6.42 Å². The van der Waals surface area contributed by atoms with Gasteiger partial charge >= 0.3 is 5.97 Å². The Hall–Kier alpha value is -1.05. The van der Waals surface area contributed by atoms with Gasteiger partial charge < -0.3 is 4.74 Å². The van der Waals surface area contributed by atoms with Crippen molar-refractivity contribution in [3.63, 3.8) is 0 Å². The quantitative estimate of drug-likeness (QED) is 0.254. The van der Waals surface area contributed by atoms with Crippen LogP contribution in [-0.4, -0.2) is 5.97 Å². The summed E-state index contributed by atoms with van der Waals surface area (Å²) in [5.74, 6) is -0.253. The molecule has 0 aliphatic rings. The molecule has 0 aliphatic heterocycles. The van der Waals surface area contributed by atoms with Crippen LogP contribution in [-0.2, 0) is 9.53 Å². The van der Waals surface area contributed by atoms with E-state index in [4.69, 9.17) is 4.74 Å². The highest BCUT2D eigenvalue weighted by atomic mass is 16.5. The minimum absolute atomic E-state index is 0.0674. The number of carbonyl (C=O) groups is 1. The van der Waals surface area contributed by atoms with Gasteiger partial charge in [0.1, 0.15) is 0 Å². The standard InChI is InChI=1S/C15H26O2/c1-4-5-6-7-8-9-10-11-12-13-17-15(16)14(2)3/h10-14H,4-9H2,1-3H3/b11-10+,13-12+. The van der Waals surface area contributed by atoms with Gasteiger partial charge in [0.2, 0.25) is 0 Å². The van der Waals surface area contributed by atoms with E-state index >= 15 is 0 Å². The van der Waals surface area contributed by atoms with Crippen molar-refractivity contribution in [1.82, 2.24) is 0 Å². The highest BCUT2D eigenvalue weighted by molar-refractivity contribution is 5.72. The van der Waals surface area contributed by atoms with Crippen molar-refractivity contribution < 1.29 is 9.53 Å². The molecule has 0 fully saturated rings. The van der Waals surface area contributed by atoms with Crippen molar-refractivity contribution in [2.24, 2.45) is 5.92 Å². The predicted molar refractivity (Wildman–Crippen MR) is 72.6 cm³/mol. The molecule has 0 aromatic heterocycles. The molecule has 2 heteroatoms. The molecule has 0 rings (SSSR count). The molecule has 0 atom stereocenters. The normalized spacial score (nSPS) is 11.8. The molecule has 0 amide bonds. The molecule has 0 aromatic rings. The van der Waals surface area contributed by atoms with Crippen LogP contribution >= 0.6 is 0 Å². The van der Waals surface area contributed by atoms with Gasteiger partial charge in [0, 0.05) is 0 Å². The van der Waals surface area contributed by atoms with Crippen LogP contribution in [0.4, 0.5) is 0 Å². The largest absolute Gasteiger partial charge is 0.434 e. The first-order valence-electron chi connectivity index (χ1n) is 6.70. The summed E-state index contributed by atoms with van der Waals surface area (Å²) in [5.41, 5.74) is 0. The van der Waals surface area contributed by atoms with Crippen molar-refractivity contribution in [3.05, 3.63) is 24.5 Å². The number of allylic oxidation sites excluding steroid dienone is 3. The van der Waals surface area contributed by atoms with Gasteiger partial charge in [0.15, 0.2) is 0 Å². The molecule has 2 nitrogen and oxygen atoms in total. The summed E-state index contributed by atoms with van der Waals surface area (Å²) in [6, 6.07) is 0. The Morgan fingerprint density at radius 2 is 1.82 bits per heavy atom. The van der Waals surface area contributed by atoms with Gasteiger partial charge in [-0.15, -0.1) is 0 Å². The van der Waals surface area contributed by atoms with Crippen LogP contribution in [0.2, 0.25) is 0 Å². The topological polar surface area (TPSA) is 26.3 Å². The SMILES string of the molecule is CCCCCCC/C=C/C=C/OC(=O)C(C)C. The smallest absolute Gasteiger partial charge is 0.313 e. The van der Waals surface area contributed by atoms with Gasteiger partial charge in [0.25, 0.3) is 0 Å². The zero-order chi connectivity index (χ0) is 12.9. The second kappa shape index (κ2) is 11.4. The third-order valence-electron chi connectivity index (χ3n) is 2.46. The average Bonchev–Trinajstić information content (AvgIpc) is 2.31. The molecular weight excluding hydrogens is 212 g/mol. The minimum atomic E-state index is -0.186. The summed E-state index contributed by atoms with van der Waals surface area (Å²) in [5, 5.41) is 0. The van der Waals surface area contributed by atoms with Crippen LogP contribution in [0.25, 0.3) is 0 Å².